The summed E-state index contributed by atoms with van der Waals surface area (Å²) in [6, 6.07) is 14.4. The molecule has 0 radical (unpaired) electrons. The van der Waals surface area contributed by atoms with Crippen LogP contribution < -0.4 is 4.90 Å². The molecular formula is C23H25FN2O2. The Morgan fingerprint density at radius 2 is 1.86 bits per heavy atom. The maximum Gasteiger partial charge on any atom is 0.231 e. The van der Waals surface area contributed by atoms with Crippen LogP contribution in [0.2, 0.25) is 0 Å². The predicted octanol–water partition coefficient (Wildman–Crippen LogP) is 3.59. The second-order valence-electron chi connectivity index (χ2n) is 7.71. The van der Waals surface area contributed by atoms with Crippen molar-refractivity contribution in [3.63, 3.8) is 0 Å². The van der Waals surface area contributed by atoms with Gasteiger partial charge in [-0.2, -0.15) is 0 Å². The van der Waals surface area contributed by atoms with Gasteiger partial charge in [-0.25, -0.2) is 4.39 Å². The summed E-state index contributed by atoms with van der Waals surface area (Å²) >= 11 is 0. The number of hydrogen-bond acceptors (Lipinski definition) is 2. The van der Waals surface area contributed by atoms with Crippen LogP contribution in [0.3, 0.4) is 0 Å². The number of carbonyl (C=O) groups excluding carboxylic acids is 2. The van der Waals surface area contributed by atoms with Crippen LogP contribution in [0.4, 0.5) is 10.1 Å². The van der Waals surface area contributed by atoms with E-state index in [1.54, 1.807) is 11.0 Å². The number of hydrogen-bond donors (Lipinski definition) is 0. The summed E-state index contributed by atoms with van der Waals surface area (Å²) in [5.41, 5.74) is 2.71. The molecule has 2 aliphatic rings. The van der Waals surface area contributed by atoms with Crippen molar-refractivity contribution in [1.29, 1.82) is 0 Å². The number of likely N-dealkylation sites (tertiary alicyclic amines) is 1. The molecule has 4 rings (SSSR count). The average Bonchev–Trinajstić information content (AvgIpc) is 2.73. The molecule has 28 heavy (non-hydrogen) atoms. The number of halogens is 1. The maximum absolute atomic E-state index is 13.8. The molecular weight excluding hydrogens is 355 g/mol. The zero-order valence-electron chi connectivity index (χ0n) is 15.9. The van der Waals surface area contributed by atoms with E-state index in [0.717, 1.165) is 36.8 Å². The SMILES string of the molecule is O=C(Cc1ccccc1)N1CCCC(C(=O)N2CCCc3ccc(F)cc32)C1. The van der Waals surface area contributed by atoms with Crippen LogP contribution in [0.1, 0.15) is 30.4 Å². The smallest absolute Gasteiger partial charge is 0.231 e. The number of fused-ring (bicyclic) bond motifs is 1. The van der Waals surface area contributed by atoms with Gasteiger partial charge in [-0.15, -0.1) is 0 Å². The topological polar surface area (TPSA) is 40.6 Å². The summed E-state index contributed by atoms with van der Waals surface area (Å²) in [5, 5.41) is 0. The Bertz CT molecular complexity index is 868. The molecule has 0 aliphatic carbocycles. The zero-order chi connectivity index (χ0) is 19.5. The number of rotatable bonds is 3. The Balaban J connectivity index is 1.46. The highest BCUT2D eigenvalue weighted by Crippen LogP contribution is 2.31. The van der Waals surface area contributed by atoms with Gasteiger partial charge in [0, 0.05) is 25.3 Å². The van der Waals surface area contributed by atoms with Crippen molar-refractivity contribution in [1.82, 2.24) is 4.90 Å². The molecule has 146 valence electrons. The number of amides is 2. The van der Waals surface area contributed by atoms with Gasteiger partial charge in [-0.05, 0) is 48.9 Å². The molecule has 1 unspecified atom stereocenters. The normalized spacial score (nSPS) is 19.2. The van der Waals surface area contributed by atoms with Crippen LogP contribution in [0.15, 0.2) is 48.5 Å². The lowest BCUT2D eigenvalue weighted by atomic mass is 9.93. The van der Waals surface area contributed by atoms with Crippen LogP contribution >= 0.6 is 0 Å². The van der Waals surface area contributed by atoms with Crippen molar-refractivity contribution >= 4 is 17.5 Å². The number of nitrogens with zero attached hydrogens (tertiary/aromatic N) is 2. The third kappa shape index (κ3) is 3.93. The minimum atomic E-state index is -0.318. The fourth-order valence-electron chi connectivity index (χ4n) is 4.28. The maximum atomic E-state index is 13.8. The minimum absolute atomic E-state index is 0.0174. The van der Waals surface area contributed by atoms with Crippen LogP contribution in [-0.2, 0) is 22.4 Å². The number of piperidine rings is 1. The second-order valence-corrected chi connectivity index (χ2v) is 7.71. The van der Waals surface area contributed by atoms with Crippen LogP contribution in [0.25, 0.3) is 0 Å². The van der Waals surface area contributed by atoms with Crippen molar-refractivity contribution in [2.75, 3.05) is 24.5 Å². The first-order valence-electron chi connectivity index (χ1n) is 10.0. The molecule has 2 aliphatic heterocycles. The number of carbonyl (C=O) groups is 2. The summed E-state index contributed by atoms with van der Waals surface area (Å²) < 4.78 is 13.8. The highest BCUT2D eigenvalue weighted by atomic mass is 19.1. The van der Waals surface area contributed by atoms with Gasteiger partial charge in [-0.1, -0.05) is 36.4 Å². The number of anilines is 1. The van der Waals surface area contributed by atoms with E-state index in [1.165, 1.54) is 12.1 Å². The number of benzene rings is 2. The Hall–Kier alpha value is -2.69. The van der Waals surface area contributed by atoms with Gasteiger partial charge in [0.05, 0.1) is 12.3 Å². The first-order chi connectivity index (χ1) is 13.6. The molecule has 1 atom stereocenters. The first-order valence-corrected chi connectivity index (χ1v) is 10.0. The monoisotopic (exact) mass is 380 g/mol. The quantitative estimate of drug-likeness (QED) is 0.817. The van der Waals surface area contributed by atoms with Crippen molar-refractivity contribution < 1.29 is 14.0 Å². The van der Waals surface area contributed by atoms with E-state index in [4.69, 9.17) is 0 Å². The highest BCUT2D eigenvalue weighted by Gasteiger charge is 2.33. The first kappa shape index (κ1) is 18.7. The van der Waals surface area contributed by atoms with Gasteiger partial charge >= 0.3 is 0 Å². The molecule has 0 saturated carbocycles. The van der Waals surface area contributed by atoms with E-state index in [9.17, 15) is 14.0 Å². The summed E-state index contributed by atoms with van der Waals surface area (Å²) in [7, 11) is 0. The van der Waals surface area contributed by atoms with Crippen LogP contribution in [-0.4, -0.2) is 36.3 Å². The molecule has 2 heterocycles. The van der Waals surface area contributed by atoms with Crippen molar-refractivity contribution in [2.45, 2.75) is 32.1 Å². The molecule has 0 N–H and O–H groups in total. The molecule has 1 saturated heterocycles. The van der Waals surface area contributed by atoms with Gasteiger partial charge in [0.1, 0.15) is 5.82 Å². The third-order valence-electron chi connectivity index (χ3n) is 5.75. The van der Waals surface area contributed by atoms with E-state index in [-0.39, 0.29) is 23.5 Å². The largest absolute Gasteiger partial charge is 0.342 e. The van der Waals surface area contributed by atoms with Gasteiger partial charge < -0.3 is 9.80 Å². The van der Waals surface area contributed by atoms with Crippen molar-refractivity contribution in [3.8, 4) is 0 Å². The van der Waals surface area contributed by atoms with Gasteiger partial charge in [0.2, 0.25) is 11.8 Å². The summed E-state index contributed by atoms with van der Waals surface area (Å²) in [4.78, 5) is 29.5. The van der Waals surface area contributed by atoms with Gasteiger partial charge in [-0.3, -0.25) is 9.59 Å². The van der Waals surface area contributed by atoms with Crippen LogP contribution in [0.5, 0.6) is 0 Å². The molecule has 0 spiro atoms. The molecule has 4 nitrogen and oxygen atoms in total. The van der Waals surface area contributed by atoms with E-state index < -0.39 is 0 Å². The Morgan fingerprint density at radius 1 is 1.04 bits per heavy atom. The fourth-order valence-corrected chi connectivity index (χ4v) is 4.28. The lowest BCUT2D eigenvalue weighted by Crippen LogP contribution is -2.48. The van der Waals surface area contributed by atoms with Crippen molar-refractivity contribution in [3.05, 3.63) is 65.5 Å². The average molecular weight is 380 g/mol. The molecule has 2 aromatic carbocycles. The Morgan fingerprint density at radius 3 is 2.68 bits per heavy atom. The minimum Gasteiger partial charge on any atom is -0.342 e. The molecule has 1 fully saturated rings. The zero-order valence-corrected chi connectivity index (χ0v) is 15.9. The molecule has 0 aromatic heterocycles. The Kier molecular flexibility index (Phi) is 5.42. The molecule has 2 aromatic rings. The third-order valence-corrected chi connectivity index (χ3v) is 5.75. The lowest BCUT2D eigenvalue weighted by Gasteiger charge is -2.37. The highest BCUT2D eigenvalue weighted by molar-refractivity contribution is 5.96. The van der Waals surface area contributed by atoms with Gasteiger partial charge in [0.25, 0.3) is 0 Å². The lowest BCUT2D eigenvalue weighted by molar-refractivity contribution is -0.134. The summed E-state index contributed by atoms with van der Waals surface area (Å²) in [6.45, 7) is 1.76. The van der Waals surface area contributed by atoms with E-state index >= 15 is 0 Å². The fraction of sp³-hybridized carbons (Fsp3) is 0.391. The molecule has 0 bridgehead atoms. The summed E-state index contributed by atoms with van der Waals surface area (Å²) in [5.74, 6) is -0.456. The standard InChI is InChI=1S/C23H25FN2O2/c24-20-11-10-18-8-5-13-26(21(18)15-20)23(28)19-9-4-12-25(16-19)22(27)14-17-6-2-1-3-7-17/h1-3,6-7,10-11,15,19H,4-5,8-9,12-14,16H2. The van der Waals surface area contributed by atoms with E-state index in [0.29, 0.717) is 31.7 Å². The van der Waals surface area contributed by atoms with Crippen LogP contribution in [0, 0.1) is 11.7 Å². The summed E-state index contributed by atoms with van der Waals surface area (Å²) in [6.07, 6.45) is 3.70. The second kappa shape index (κ2) is 8.13. The van der Waals surface area contributed by atoms with E-state index in [2.05, 4.69) is 0 Å². The van der Waals surface area contributed by atoms with Gasteiger partial charge in [0.15, 0.2) is 0 Å². The molecule has 2 amide bonds. The predicted molar refractivity (Wildman–Crippen MR) is 107 cm³/mol. The van der Waals surface area contributed by atoms with E-state index in [1.807, 2.05) is 35.2 Å². The number of aryl methyl sites for hydroxylation is 1. The molecule has 5 heteroatoms. The van der Waals surface area contributed by atoms with Crippen molar-refractivity contribution in [2.24, 2.45) is 5.92 Å². The Labute approximate surface area is 164 Å².